The lowest BCUT2D eigenvalue weighted by Gasteiger charge is -2.24. The summed E-state index contributed by atoms with van der Waals surface area (Å²) < 4.78 is 14.9. The molecule has 0 aromatic rings. The molecule has 0 bridgehead atoms. The number of nitrogens with one attached hydrogen (secondary N) is 1. The third-order valence-corrected chi connectivity index (χ3v) is 1.67. The monoisotopic (exact) mass is 252 g/mol. The van der Waals surface area contributed by atoms with E-state index in [1.54, 1.807) is 0 Å². The number of methoxy groups -OCH3 is 3. The second-order valence-electron chi connectivity index (χ2n) is 2.67. The van der Waals surface area contributed by atoms with E-state index in [-0.39, 0.29) is 25.9 Å². The molecule has 0 heterocycles. The summed E-state index contributed by atoms with van der Waals surface area (Å²) in [5, 5.41) is 2.63. The van der Waals surface area contributed by atoms with Crippen LogP contribution >= 0.6 is 0 Å². The zero-order valence-corrected chi connectivity index (χ0v) is 10.8. The Kier molecular flexibility index (Phi) is 19.4. The SMILES string of the molecule is C.CC.COCC(NC(=O)CN)C(OC)OC. The van der Waals surface area contributed by atoms with Gasteiger partial charge in [-0.15, -0.1) is 0 Å². The Hall–Kier alpha value is -0.690. The molecule has 0 rings (SSSR count). The number of rotatable bonds is 7. The Bertz CT molecular complexity index is 164. The summed E-state index contributed by atoms with van der Waals surface area (Å²) in [5.41, 5.74) is 5.17. The molecular formula is C11H28N2O4. The van der Waals surface area contributed by atoms with Gasteiger partial charge in [-0.05, 0) is 0 Å². The zero-order valence-electron chi connectivity index (χ0n) is 10.8. The molecule has 1 unspecified atom stereocenters. The first-order valence-electron chi connectivity index (χ1n) is 5.23. The number of hydrogen-bond donors (Lipinski definition) is 2. The smallest absolute Gasteiger partial charge is 0.234 e. The predicted octanol–water partition coefficient (Wildman–Crippen LogP) is 0.358. The average molecular weight is 252 g/mol. The fourth-order valence-corrected chi connectivity index (χ4v) is 1.06. The van der Waals surface area contributed by atoms with Crippen LogP contribution in [0.25, 0.3) is 0 Å². The van der Waals surface area contributed by atoms with E-state index < -0.39 is 6.29 Å². The van der Waals surface area contributed by atoms with Crippen molar-refractivity contribution < 1.29 is 19.0 Å². The molecule has 17 heavy (non-hydrogen) atoms. The van der Waals surface area contributed by atoms with Gasteiger partial charge in [-0.3, -0.25) is 4.79 Å². The van der Waals surface area contributed by atoms with Crippen molar-refractivity contribution in [2.75, 3.05) is 34.5 Å². The molecule has 0 aliphatic rings. The maximum atomic E-state index is 11.0. The molecule has 1 atom stereocenters. The number of amides is 1. The van der Waals surface area contributed by atoms with Crippen molar-refractivity contribution in [1.29, 1.82) is 0 Å². The first-order chi connectivity index (χ1) is 7.69. The molecule has 6 nitrogen and oxygen atoms in total. The van der Waals surface area contributed by atoms with Crippen LogP contribution in [0.5, 0.6) is 0 Å². The van der Waals surface area contributed by atoms with Crippen LogP contribution in [0, 0.1) is 0 Å². The largest absolute Gasteiger partial charge is 0.382 e. The van der Waals surface area contributed by atoms with E-state index in [2.05, 4.69) is 5.32 Å². The first kappa shape index (κ1) is 21.6. The van der Waals surface area contributed by atoms with E-state index in [1.807, 2.05) is 13.8 Å². The van der Waals surface area contributed by atoms with Gasteiger partial charge < -0.3 is 25.3 Å². The molecule has 0 aromatic carbocycles. The van der Waals surface area contributed by atoms with Crippen LogP contribution in [0.2, 0.25) is 0 Å². The molecule has 0 saturated heterocycles. The van der Waals surface area contributed by atoms with Crippen molar-refractivity contribution in [3.05, 3.63) is 0 Å². The van der Waals surface area contributed by atoms with Crippen molar-refractivity contribution in [3.8, 4) is 0 Å². The number of carbonyl (C=O) groups excluding carboxylic acids is 1. The summed E-state index contributed by atoms with van der Waals surface area (Å²) in [6, 6.07) is -0.356. The fraction of sp³-hybridized carbons (Fsp3) is 0.909. The maximum absolute atomic E-state index is 11.0. The minimum atomic E-state index is -0.537. The third kappa shape index (κ3) is 10.2. The Balaban J connectivity index is -0.000000616. The lowest BCUT2D eigenvalue weighted by molar-refractivity contribution is -0.142. The molecule has 0 spiro atoms. The summed E-state index contributed by atoms with van der Waals surface area (Å²) in [6.45, 7) is 4.23. The van der Waals surface area contributed by atoms with Crippen LogP contribution < -0.4 is 11.1 Å². The molecule has 0 aliphatic heterocycles. The molecule has 0 fully saturated rings. The molecule has 0 radical (unpaired) electrons. The number of ether oxygens (including phenoxy) is 3. The van der Waals surface area contributed by atoms with Crippen LogP contribution in [0.3, 0.4) is 0 Å². The van der Waals surface area contributed by atoms with Crippen LogP contribution in [-0.2, 0) is 19.0 Å². The van der Waals surface area contributed by atoms with E-state index in [1.165, 1.54) is 21.3 Å². The number of hydrogen-bond acceptors (Lipinski definition) is 5. The maximum Gasteiger partial charge on any atom is 0.234 e. The van der Waals surface area contributed by atoms with Gasteiger partial charge in [0.2, 0.25) is 5.91 Å². The van der Waals surface area contributed by atoms with Gasteiger partial charge in [0, 0.05) is 21.3 Å². The molecule has 3 N–H and O–H groups in total. The van der Waals surface area contributed by atoms with Gasteiger partial charge in [-0.25, -0.2) is 0 Å². The van der Waals surface area contributed by atoms with E-state index in [0.29, 0.717) is 6.61 Å². The highest BCUT2D eigenvalue weighted by atomic mass is 16.7. The first-order valence-corrected chi connectivity index (χ1v) is 5.23. The minimum Gasteiger partial charge on any atom is -0.382 e. The van der Waals surface area contributed by atoms with Gasteiger partial charge in [-0.1, -0.05) is 21.3 Å². The van der Waals surface area contributed by atoms with Crippen LogP contribution in [0.1, 0.15) is 21.3 Å². The normalized spacial score (nSPS) is 11.0. The van der Waals surface area contributed by atoms with E-state index in [9.17, 15) is 4.79 Å². The summed E-state index contributed by atoms with van der Waals surface area (Å²) in [6.07, 6.45) is -0.537. The molecular weight excluding hydrogens is 224 g/mol. The number of carbonyl (C=O) groups is 1. The van der Waals surface area contributed by atoms with Gasteiger partial charge in [0.05, 0.1) is 13.2 Å². The van der Waals surface area contributed by atoms with Crippen molar-refractivity contribution >= 4 is 5.91 Å². The van der Waals surface area contributed by atoms with Gasteiger partial charge in [0.25, 0.3) is 0 Å². The second-order valence-corrected chi connectivity index (χ2v) is 2.67. The fourth-order valence-electron chi connectivity index (χ4n) is 1.06. The van der Waals surface area contributed by atoms with Gasteiger partial charge in [0.15, 0.2) is 6.29 Å². The summed E-state index contributed by atoms with van der Waals surface area (Å²) in [7, 11) is 4.51. The Labute approximate surface area is 105 Å². The molecule has 0 saturated carbocycles. The van der Waals surface area contributed by atoms with E-state index in [0.717, 1.165) is 0 Å². The molecule has 1 amide bonds. The molecule has 0 aromatic heterocycles. The Morgan fingerprint density at radius 2 is 1.71 bits per heavy atom. The van der Waals surface area contributed by atoms with Gasteiger partial charge >= 0.3 is 0 Å². The van der Waals surface area contributed by atoms with Gasteiger partial charge in [0.1, 0.15) is 6.04 Å². The molecule has 106 valence electrons. The van der Waals surface area contributed by atoms with Crippen molar-refractivity contribution in [3.63, 3.8) is 0 Å². The van der Waals surface area contributed by atoms with Crippen LogP contribution in [0.4, 0.5) is 0 Å². The lowest BCUT2D eigenvalue weighted by atomic mass is 10.3. The highest BCUT2D eigenvalue weighted by Gasteiger charge is 2.22. The van der Waals surface area contributed by atoms with Gasteiger partial charge in [-0.2, -0.15) is 0 Å². The standard InChI is InChI=1S/C8H18N2O4.C2H6.CH4/c1-12-5-6(8(13-2)14-3)10-7(11)4-9;1-2;/h6,8H,4-5,9H2,1-3H3,(H,10,11);1-2H3;1H4. The summed E-state index contributed by atoms with van der Waals surface area (Å²) >= 11 is 0. The molecule has 0 aliphatic carbocycles. The zero-order chi connectivity index (χ0) is 13.0. The van der Waals surface area contributed by atoms with Crippen LogP contribution in [0.15, 0.2) is 0 Å². The molecule has 6 heteroatoms. The predicted molar refractivity (Wildman–Crippen MR) is 68.7 cm³/mol. The second kappa shape index (κ2) is 15.3. The Morgan fingerprint density at radius 3 is 2.00 bits per heavy atom. The van der Waals surface area contributed by atoms with Crippen molar-refractivity contribution in [2.24, 2.45) is 5.73 Å². The average Bonchev–Trinajstić information content (AvgIpc) is 2.33. The topological polar surface area (TPSA) is 82.8 Å². The third-order valence-electron chi connectivity index (χ3n) is 1.67. The van der Waals surface area contributed by atoms with Crippen molar-refractivity contribution in [1.82, 2.24) is 5.32 Å². The van der Waals surface area contributed by atoms with E-state index in [4.69, 9.17) is 19.9 Å². The summed E-state index contributed by atoms with van der Waals surface area (Å²) in [4.78, 5) is 11.0. The highest BCUT2D eigenvalue weighted by Crippen LogP contribution is 1.99. The van der Waals surface area contributed by atoms with Crippen molar-refractivity contribution in [2.45, 2.75) is 33.6 Å². The van der Waals surface area contributed by atoms with E-state index >= 15 is 0 Å². The number of nitrogens with two attached hydrogens (primary N) is 1. The summed E-state index contributed by atoms with van der Waals surface area (Å²) in [5.74, 6) is -0.272. The quantitative estimate of drug-likeness (QED) is 0.639. The highest BCUT2D eigenvalue weighted by molar-refractivity contribution is 5.78. The van der Waals surface area contributed by atoms with Crippen LogP contribution in [-0.4, -0.2) is 52.7 Å². The minimum absolute atomic E-state index is 0. The Morgan fingerprint density at radius 1 is 1.24 bits per heavy atom. The lowest BCUT2D eigenvalue weighted by Crippen LogP contribution is -2.49.